The Balaban J connectivity index is 2.04. The molecule has 0 bridgehead atoms. The van der Waals surface area contributed by atoms with Crippen LogP contribution in [0.2, 0.25) is 0 Å². The van der Waals surface area contributed by atoms with Crippen LogP contribution in [0.3, 0.4) is 0 Å². The lowest BCUT2D eigenvalue weighted by Crippen LogP contribution is -2.45. The summed E-state index contributed by atoms with van der Waals surface area (Å²) in [7, 11) is 0. The van der Waals surface area contributed by atoms with Crippen LogP contribution in [0.5, 0.6) is 0 Å². The second-order valence-corrected chi connectivity index (χ2v) is 5.78. The van der Waals surface area contributed by atoms with E-state index in [9.17, 15) is 26.3 Å². The topological polar surface area (TPSA) is 40.7 Å². The van der Waals surface area contributed by atoms with Crippen molar-refractivity contribution in [1.82, 2.24) is 15.5 Å². The largest absolute Gasteiger partial charge is 0.391 e. The lowest BCUT2D eigenvalue weighted by atomic mass is 9.77. The molecule has 1 aliphatic carbocycles. The van der Waals surface area contributed by atoms with Gasteiger partial charge in [0.1, 0.15) is 0 Å². The monoisotopic (exact) mass is 329 g/mol. The number of nitrogens with zero attached hydrogens (tertiary/aromatic N) is 1. The molecule has 1 heterocycles. The summed E-state index contributed by atoms with van der Waals surface area (Å²) in [5.74, 6) is -3.84. The van der Waals surface area contributed by atoms with Gasteiger partial charge < -0.3 is 5.32 Å². The normalized spacial score (nSPS) is 27.1. The van der Waals surface area contributed by atoms with Crippen molar-refractivity contribution in [2.45, 2.75) is 51.1 Å². The highest BCUT2D eigenvalue weighted by molar-refractivity contribution is 5.14. The maximum absolute atomic E-state index is 12.8. The second-order valence-electron chi connectivity index (χ2n) is 5.78. The molecule has 2 rings (SSSR count). The molecule has 1 aliphatic rings. The zero-order valence-electron chi connectivity index (χ0n) is 11.9. The first-order valence-electron chi connectivity index (χ1n) is 6.93. The van der Waals surface area contributed by atoms with Gasteiger partial charge in [-0.2, -0.15) is 31.4 Å². The molecular formula is C13H17F6N3. The number of hydrogen-bond acceptors (Lipinski definition) is 2. The number of aromatic nitrogens is 2. The summed E-state index contributed by atoms with van der Waals surface area (Å²) in [6, 6.07) is -0.818. The van der Waals surface area contributed by atoms with Crippen LogP contribution in [0.1, 0.15) is 30.5 Å². The summed E-state index contributed by atoms with van der Waals surface area (Å²) < 4.78 is 77.1. The smallest absolute Gasteiger partial charge is 0.310 e. The Hall–Kier alpha value is -1.25. The van der Waals surface area contributed by atoms with Gasteiger partial charge in [0.05, 0.1) is 18.0 Å². The van der Waals surface area contributed by atoms with Gasteiger partial charge >= 0.3 is 12.4 Å². The molecule has 0 spiro atoms. The van der Waals surface area contributed by atoms with Crippen molar-refractivity contribution in [3.63, 3.8) is 0 Å². The van der Waals surface area contributed by atoms with Crippen LogP contribution >= 0.6 is 0 Å². The lowest BCUT2D eigenvalue weighted by molar-refractivity contribution is -0.225. The number of rotatable bonds is 3. The van der Waals surface area contributed by atoms with Crippen molar-refractivity contribution in [3.05, 3.63) is 17.5 Å². The Morgan fingerprint density at radius 2 is 1.64 bits per heavy atom. The van der Waals surface area contributed by atoms with Gasteiger partial charge in [-0.25, -0.2) is 0 Å². The van der Waals surface area contributed by atoms with Gasteiger partial charge in [-0.3, -0.25) is 5.10 Å². The molecule has 126 valence electrons. The minimum Gasteiger partial charge on any atom is -0.310 e. The van der Waals surface area contributed by atoms with E-state index in [0.29, 0.717) is 0 Å². The minimum absolute atomic E-state index is 0.197. The molecule has 3 nitrogen and oxygen atoms in total. The average Bonchev–Trinajstić information content (AvgIpc) is 2.79. The van der Waals surface area contributed by atoms with E-state index in [-0.39, 0.29) is 19.4 Å². The van der Waals surface area contributed by atoms with E-state index in [2.05, 4.69) is 15.5 Å². The number of nitrogens with one attached hydrogen (secondary N) is 2. The zero-order valence-corrected chi connectivity index (χ0v) is 11.9. The maximum Gasteiger partial charge on any atom is 0.391 e. The molecule has 1 aromatic heterocycles. The first kappa shape index (κ1) is 17.1. The average molecular weight is 329 g/mol. The molecular weight excluding hydrogens is 312 g/mol. The van der Waals surface area contributed by atoms with E-state index < -0.39 is 36.7 Å². The standard InChI is InChI=1S/C13H17F6N3/c1-7-8(6-21-22-7)5-20-11-3-9(12(14,15)16)2-10(4-11)13(17,18)19/h6,9-11,20H,2-5H2,1H3,(H,21,22)/t9-,10-/m0/s1. The Morgan fingerprint density at radius 3 is 2.05 bits per heavy atom. The van der Waals surface area contributed by atoms with E-state index in [1.807, 2.05) is 0 Å². The third-order valence-corrected chi connectivity index (χ3v) is 4.15. The van der Waals surface area contributed by atoms with Gasteiger partial charge in [-0.05, 0) is 26.2 Å². The number of aromatic amines is 1. The third kappa shape index (κ3) is 4.15. The van der Waals surface area contributed by atoms with Crippen molar-refractivity contribution >= 4 is 0 Å². The van der Waals surface area contributed by atoms with Gasteiger partial charge in [-0.1, -0.05) is 0 Å². The highest BCUT2D eigenvalue weighted by Crippen LogP contribution is 2.45. The maximum atomic E-state index is 12.8. The van der Waals surface area contributed by atoms with Crippen LogP contribution < -0.4 is 5.32 Å². The van der Waals surface area contributed by atoms with E-state index >= 15 is 0 Å². The predicted molar refractivity (Wildman–Crippen MR) is 66.9 cm³/mol. The third-order valence-electron chi connectivity index (χ3n) is 4.15. The number of aryl methyl sites for hydroxylation is 1. The molecule has 9 heteroatoms. The fraction of sp³-hybridized carbons (Fsp3) is 0.769. The van der Waals surface area contributed by atoms with E-state index in [0.717, 1.165) is 11.3 Å². The molecule has 1 fully saturated rings. The van der Waals surface area contributed by atoms with Crippen LogP contribution in [0.15, 0.2) is 6.20 Å². The molecule has 2 N–H and O–H groups in total. The number of H-pyrrole nitrogens is 1. The summed E-state index contributed by atoms with van der Waals surface area (Å²) in [6.07, 6.45) is -9.23. The molecule has 1 aromatic rings. The Labute approximate surface area is 123 Å². The molecule has 0 aliphatic heterocycles. The van der Waals surface area contributed by atoms with E-state index in [1.54, 1.807) is 6.92 Å². The van der Waals surface area contributed by atoms with Crippen molar-refractivity contribution in [2.75, 3.05) is 0 Å². The highest BCUT2D eigenvalue weighted by atomic mass is 19.4. The van der Waals surface area contributed by atoms with E-state index in [4.69, 9.17) is 0 Å². The first-order valence-corrected chi connectivity index (χ1v) is 6.93. The quantitative estimate of drug-likeness (QED) is 0.830. The number of halogens is 6. The molecule has 0 radical (unpaired) electrons. The Kier molecular flexibility index (Phi) is 4.74. The van der Waals surface area contributed by atoms with Crippen molar-refractivity contribution in [2.24, 2.45) is 11.8 Å². The number of hydrogen-bond donors (Lipinski definition) is 2. The minimum atomic E-state index is -4.60. The fourth-order valence-electron chi connectivity index (χ4n) is 2.83. The summed E-state index contributed by atoms with van der Waals surface area (Å²) in [4.78, 5) is 0. The summed E-state index contributed by atoms with van der Waals surface area (Å²) in [6.45, 7) is 1.93. The van der Waals surface area contributed by atoms with Gasteiger partial charge in [-0.15, -0.1) is 0 Å². The Bertz CT molecular complexity index is 471. The van der Waals surface area contributed by atoms with Gasteiger partial charge in [0, 0.05) is 23.8 Å². The first-order chi connectivity index (χ1) is 10.1. The van der Waals surface area contributed by atoms with Crippen LogP contribution in [0, 0.1) is 18.8 Å². The van der Waals surface area contributed by atoms with Crippen molar-refractivity contribution in [1.29, 1.82) is 0 Å². The molecule has 0 aromatic carbocycles. The fourth-order valence-corrected chi connectivity index (χ4v) is 2.83. The van der Waals surface area contributed by atoms with Crippen LogP contribution in [0.25, 0.3) is 0 Å². The summed E-state index contributed by atoms with van der Waals surface area (Å²) in [5.41, 5.74) is 1.47. The number of alkyl halides is 6. The van der Waals surface area contributed by atoms with Crippen molar-refractivity contribution in [3.8, 4) is 0 Å². The Morgan fingerprint density at radius 1 is 1.09 bits per heavy atom. The lowest BCUT2D eigenvalue weighted by Gasteiger charge is -2.37. The summed E-state index contributed by atoms with van der Waals surface area (Å²) in [5, 5.41) is 9.25. The second kappa shape index (κ2) is 6.10. The van der Waals surface area contributed by atoms with Crippen LogP contribution in [0.4, 0.5) is 26.3 Å². The summed E-state index contributed by atoms with van der Waals surface area (Å²) >= 11 is 0. The highest BCUT2D eigenvalue weighted by Gasteiger charge is 2.51. The van der Waals surface area contributed by atoms with Gasteiger partial charge in [0.25, 0.3) is 0 Å². The van der Waals surface area contributed by atoms with Crippen LogP contribution in [-0.2, 0) is 6.54 Å². The van der Waals surface area contributed by atoms with Gasteiger partial charge in [0.15, 0.2) is 0 Å². The van der Waals surface area contributed by atoms with E-state index in [1.165, 1.54) is 6.20 Å². The van der Waals surface area contributed by atoms with Crippen molar-refractivity contribution < 1.29 is 26.3 Å². The zero-order chi connectivity index (χ0) is 16.5. The SMILES string of the molecule is Cc1[nH]ncc1CNC1C[C@@H](C(F)(F)F)C[C@H](C(F)(F)F)C1. The predicted octanol–water partition coefficient (Wildman–Crippen LogP) is 3.72. The molecule has 22 heavy (non-hydrogen) atoms. The van der Waals surface area contributed by atoms with Gasteiger partial charge in [0.2, 0.25) is 0 Å². The molecule has 0 amide bonds. The molecule has 0 saturated heterocycles. The molecule has 1 saturated carbocycles. The molecule has 0 unspecified atom stereocenters. The van der Waals surface area contributed by atoms with Crippen LogP contribution in [-0.4, -0.2) is 28.6 Å². The molecule has 2 atom stereocenters.